The number of ether oxygens (including phenoxy) is 3. The van der Waals surface area contributed by atoms with Gasteiger partial charge in [-0.25, -0.2) is 5.06 Å². The zero-order valence-corrected chi connectivity index (χ0v) is 22.7. The fraction of sp³-hybridized carbons (Fsp3) is 0.536. The molecule has 2 aliphatic heterocycles. The summed E-state index contributed by atoms with van der Waals surface area (Å²) in [6, 6.07) is 7.98. The molecule has 1 amide bonds. The summed E-state index contributed by atoms with van der Waals surface area (Å²) >= 11 is 0. The molecule has 3 atom stereocenters. The molecule has 11 nitrogen and oxygen atoms in total. The van der Waals surface area contributed by atoms with Gasteiger partial charge in [-0.1, -0.05) is 19.9 Å². The topological polar surface area (TPSA) is 120 Å². The molecule has 212 valence electrons. The summed E-state index contributed by atoms with van der Waals surface area (Å²) < 4.78 is 18.2. The van der Waals surface area contributed by atoms with Gasteiger partial charge in [-0.3, -0.25) is 24.1 Å². The highest BCUT2D eigenvalue weighted by molar-refractivity contribution is 5.78. The number of aryl methyl sites for hydroxylation is 1. The Hall–Kier alpha value is -3.57. The van der Waals surface area contributed by atoms with Gasteiger partial charge < -0.3 is 23.9 Å². The van der Waals surface area contributed by atoms with Crippen LogP contribution in [0.2, 0.25) is 0 Å². The minimum absolute atomic E-state index is 0.0000359. The van der Waals surface area contributed by atoms with Gasteiger partial charge in [0.15, 0.2) is 11.5 Å². The average molecular weight is 544 g/mol. The average Bonchev–Trinajstić information content (AvgIpc) is 3.54. The number of aliphatic carboxylic acids is 1. The molecule has 0 saturated carbocycles. The maximum absolute atomic E-state index is 13.3. The molecule has 1 aromatic carbocycles. The number of carbonyl (C=O) groups is 2. The van der Waals surface area contributed by atoms with Crippen LogP contribution >= 0.6 is 0 Å². The number of carbonyl (C=O) groups excluding carboxylic acids is 1. The summed E-state index contributed by atoms with van der Waals surface area (Å²) in [6.45, 7) is 5.51. The van der Waals surface area contributed by atoms with Crippen molar-refractivity contribution in [2.24, 2.45) is 5.92 Å². The summed E-state index contributed by atoms with van der Waals surface area (Å²) in [4.78, 5) is 46.1. The molecule has 1 aromatic heterocycles. The fourth-order valence-corrected chi connectivity index (χ4v) is 5.39. The number of carboxylic acids is 1. The van der Waals surface area contributed by atoms with Crippen LogP contribution in [0.25, 0.3) is 0 Å². The Kier molecular flexibility index (Phi) is 9.47. The second kappa shape index (κ2) is 13.0. The van der Waals surface area contributed by atoms with Gasteiger partial charge in [-0.15, -0.1) is 0 Å². The summed E-state index contributed by atoms with van der Waals surface area (Å²) in [5.41, 5.74) is 0.567. The Balaban J connectivity index is 1.66. The van der Waals surface area contributed by atoms with Crippen LogP contribution in [-0.4, -0.2) is 77.7 Å². The van der Waals surface area contributed by atoms with Gasteiger partial charge in [0, 0.05) is 43.9 Å². The van der Waals surface area contributed by atoms with E-state index in [1.807, 2.05) is 18.7 Å². The predicted molar refractivity (Wildman–Crippen MR) is 142 cm³/mol. The fourth-order valence-electron chi connectivity index (χ4n) is 5.39. The molecule has 11 heteroatoms. The van der Waals surface area contributed by atoms with Crippen LogP contribution in [-0.2, 0) is 21.0 Å². The normalized spacial score (nSPS) is 20.2. The van der Waals surface area contributed by atoms with Gasteiger partial charge in [-0.2, -0.15) is 0 Å². The Morgan fingerprint density at radius 1 is 1.18 bits per heavy atom. The number of amides is 1. The van der Waals surface area contributed by atoms with Gasteiger partial charge in [0.05, 0.1) is 26.2 Å². The van der Waals surface area contributed by atoms with Gasteiger partial charge in [0.2, 0.25) is 18.1 Å². The lowest BCUT2D eigenvalue weighted by molar-refractivity contribution is -0.188. The molecule has 3 heterocycles. The predicted octanol–water partition coefficient (Wildman–Crippen LogP) is 2.72. The van der Waals surface area contributed by atoms with E-state index in [0.717, 1.165) is 18.4 Å². The molecule has 1 saturated heterocycles. The first-order chi connectivity index (χ1) is 18.9. The van der Waals surface area contributed by atoms with E-state index in [1.54, 1.807) is 35.0 Å². The summed E-state index contributed by atoms with van der Waals surface area (Å²) in [6.07, 6.45) is 3.55. The highest BCUT2D eigenvalue weighted by Crippen LogP contribution is 2.47. The van der Waals surface area contributed by atoms with Crippen molar-refractivity contribution in [3.8, 4) is 17.2 Å². The third-order valence-electron chi connectivity index (χ3n) is 7.20. The van der Waals surface area contributed by atoms with E-state index in [-0.39, 0.29) is 24.8 Å². The van der Waals surface area contributed by atoms with Gasteiger partial charge in [0.25, 0.3) is 5.91 Å². The Bertz CT molecular complexity index is 1220. The van der Waals surface area contributed by atoms with Crippen LogP contribution in [0.3, 0.4) is 0 Å². The van der Waals surface area contributed by atoms with Crippen molar-refractivity contribution in [1.82, 2.24) is 14.5 Å². The monoisotopic (exact) mass is 543 g/mol. The molecule has 39 heavy (non-hydrogen) atoms. The van der Waals surface area contributed by atoms with Crippen molar-refractivity contribution in [1.29, 1.82) is 0 Å². The second-order valence-electron chi connectivity index (χ2n) is 9.77. The second-order valence-corrected chi connectivity index (χ2v) is 9.77. The van der Waals surface area contributed by atoms with Gasteiger partial charge >= 0.3 is 5.97 Å². The molecule has 2 aliphatic rings. The van der Waals surface area contributed by atoms with Crippen LogP contribution in [0.15, 0.2) is 41.3 Å². The smallest absolute Gasteiger partial charge is 0.308 e. The molecular weight excluding hydrogens is 506 g/mol. The number of aromatic nitrogens is 1. The van der Waals surface area contributed by atoms with E-state index in [1.165, 1.54) is 18.2 Å². The molecule has 1 N–H and O–H groups in total. The number of hydrogen-bond donors (Lipinski definition) is 1. The lowest BCUT2D eigenvalue weighted by Gasteiger charge is -2.29. The van der Waals surface area contributed by atoms with Crippen LogP contribution in [0, 0.1) is 5.92 Å². The van der Waals surface area contributed by atoms with E-state index in [9.17, 15) is 19.5 Å². The van der Waals surface area contributed by atoms with E-state index >= 15 is 0 Å². The number of fused-ring (bicyclic) bond motifs is 1. The number of likely N-dealkylation sites (tertiary alicyclic amines) is 1. The molecule has 4 rings (SSSR count). The van der Waals surface area contributed by atoms with Crippen LogP contribution in [0.1, 0.15) is 44.6 Å². The Labute approximate surface area is 227 Å². The highest BCUT2D eigenvalue weighted by atomic mass is 16.7. The molecule has 0 bridgehead atoms. The van der Waals surface area contributed by atoms with Crippen molar-refractivity contribution < 1.29 is 33.7 Å². The van der Waals surface area contributed by atoms with Crippen molar-refractivity contribution >= 4 is 11.9 Å². The van der Waals surface area contributed by atoms with Gasteiger partial charge in [-0.05, 0) is 43.0 Å². The first-order valence-electron chi connectivity index (χ1n) is 13.4. The number of benzene rings is 1. The van der Waals surface area contributed by atoms with Crippen molar-refractivity contribution in [3.05, 3.63) is 52.4 Å². The van der Waals surface area contributed by atoms with Crippen molar-refractivity contribution in [2.75, 3.05) is 40.1 Å². The van der Waals surface area contributed by atoms with Crippen LogP contribution in [0.5, 0.6) is 17.2 Å². The maximum Gasteiger partial charge on any atom is 0.308 e. The number of carboxylic acid groups (broad SMARTS) is 1. The summed E-state index contributed by atoms with van der Waals surface area (Å²) in [7, 11) is 1.52. The van der Waals surface area contributed by atoms with E-state index in [4.69, 9.17) is 19.0 Å². The third-order valence-corrected chi connectivity index (χ3v) is 7.20. The number of hydrogen-bond acceptors (Lipinski definition) is 8. The molecule has 1 unspecified atom stereocenters. The van der Waals surface area contributed by atoms with Gasteiger partial charge in [0.1, 0.15) is 0 Å². The standard InChI is InChI=1S/C28H37N3O8/c1-4-10-31(39-13-5-2)25(33)17-30-16-20(19-14-22(36-3)27-23(15-19)37-18-38-27)26(28(34)35)21(30)9-12-29-11-7-6-8-24(29)32/h6-8,11,14-15,20-21,26H,4-5,9-10,12-13,16-18H2,1-3H3,(H,34,35)/t20-,21+,26?/m1/s1. The minimum Gasteiger partial charge on any atom is -0.493 e. The van der Waals surface area contributed by atoms with E-state index in [2.05, 4.69) is 0 Å². The first-order valence-corrected chi connectivity index (χ1v) is 13.4. The SMILES string of the molecule is CCCON(CCC)C(=O)CN1C[C@H](c2cc(OC)c3c(c2)OCO3)C(C(=O)O)[C@@H]1CCn1ccccc1=O. The Morgan fingerprint density at radius 3 is 2.69 bits per heavy atom. The minimum atomic E-state index is -0.968. The number of rotatable bonds is 13. The summed E-state index contributed by atoms with van der Waals surface area (Å²) in [5, 5.41) is 11.8. The lowest BCUT2D eigenvalue weighted by atomic mass is 9.84. The van der Waals surface area contributed by atoms with E-state index < -0.39 is 23.8 Å². The molecule has 2 aromatic rings. The third kappa shape index (κ3) is 6.36. The van der Waals surface area contributed by atoms with Crippen molar-refractivity contribution in [2.45, 2.75) is 51.6 Å². The quantitative estimate of drug-likeness (QED) is 0.380. The van der Waals surface area contributed by atoms with Crippen LogP contribution < -0.4 is 19.8 Å². The molecule has 1 fully saturated rings. The van der Waals surface area contributed by atoms with E-state index in [0.29, 0.717) is 49.9 Å². The number of hydroxylamine groups is 2. The molecule has 0 spiro atoms. The first kappa shape index (κ1) is 28.4. The number of methoxy groups -OCH3 is 1. The number of nitrogens with zero attached hydrogens (tertiary/aromatic N) is 3. The summed E-state index contributed by atoms with van der Waals surface area (Å²) in [5.74, 6) is -1.03. The molecular formula is C28H37N3O8. The zero-order chi connectivity index (χ0) is 27.9. The lowest BCUT2D eigenvalue weighted by Crippen LogP contribution is -2.45. The Morgan fingerprint density at radius 2 is 2.00 bits per heavy atom. The zero-order valence-electron chi connectivity index (χ0n) is 22.7. The van der Waals surface area contributed by atoms with Crippen molar-refractivity contribution in [3.63, 3.8) is 0 Å². The molecule has 0 aliphatic carbocycles. The van der Waals surface area contributed by atoms with Crippen LogP contribution in [0.4, 0.5) is 0 Å². The highest BCUT2D eigenvalue weighted by Gasteiger charge is 2.47. The number of pyridine rings is 1. The largest absolute Gasteiger partial charge is 0.493 e. The maximum atomic E-state index is 13.3. The molecule has 0 radical (unpaired) electrons.